The normalized spacial score (nSPS) is 18.5. The summed E-state index contributed by atoms with van der Waals surface area (Å²) in [5.41, 5.74) is 0. The summed E-state index contributed by atoms with van der Waals surface area (Å²) >= 11 is 0. The van der Waals surface area contributed by atoms with Gasteiger partial charge in [0.2, 0.25) is 0 Å². The van der Waals surface area contributed by atoms with Crippen LogP contribution in [0, 0.1) is 0 Å². The van der Waals surface area contributed by atoms with Gasteiger partial charge in [0.15, 0.2) is 5.75 Å². The highest BCUT2D eigenvalue weighted by molar-refractivity contribution is 5.34. The zero-order valence-corrected chi connectivity index (χ0v) is 12.8. The Morgan fingerprint density at radius 1 is 1.00 bits per heavy atom. The average Bonchev–Trinajstić information content (AvgIpc) is 2.86. The fourth-order valence-corrected chi connectivity index (χ4v) is 2.61. The van der Waals surface area contributed by atoms with E-state index in [9.17, 15) is 0 Å². The molecule has 1 fully saturated rings. The molecule has 116 valence electrons. The van der Waals surface area contributed by atoms with Crippen molar-refractivity contribution in [1.29, 1.82) is 0 Å². The van der Waals surface area contributed by atoms with E-state index >= 15 is 0 Å². The van der Waals surface area contributed by atoms with Crippen LogP contribution in [0.4, 0.5) is 0 Å². The van der Waals surface area contributed by atoms with Crippen molar-refractivity contribution in [3.63, 3.8) is 0 Å². The van der Waals surface area contributed by atoms with Gasteiger partial charge in [-0.25, -0.2) is 9.97 Å². The van der Waals surface area contributed by atoms with Gasteiger partial charge in [0.1, 0.15) is 17.3 Å². The maximum Gasteiger partial charge on any atom is 0.164 e. The molecule has 0 amide bonds. The summed E-state index contributed by atoms with van der Waals surface area (Å²) in [6.45, 7) is 2.05. The van der Waals surface area contributed by atoms with Crippen molar-refractivity contribution >= 4 is 0 Å². The maximum absolute atomic E-state index is 5.75. The first-order valence-corrected chi connectivity index (χ1v) is 7.70. The summed E-state index contributed by atoms with van der Waals surface area (Å²) in [5.74, 6) is 3.50. The zero-order chi connectivity index (χ0) is 15.2. The molecule has 1 aliphatic heterocycles. The molecule has 1 aromatic heterocycles. The molecule has 1 unspecified atom stereocenters. The minimum absolute atomic E-state index is 0.400. The lowest BCUT2D eigenvalue weighted by Crippen LogP contribution is -2.20. The van der Waals surface area contributed by atoms with Gasteiger partial charge in [-0.15, -0.1) is 0 Å². The lowest BCUT2D eigenvalue weighted by atomic mass is 10.0. The van der Waals surface area contributed by atoms with Gasteiger partial charge in [0, 0.05) is 12.5 Å². The third-order valence-electron chi connectivity index (χ3n) is 3.86. The van der Waals surface area contributed by atoms with Crippen LogP contribution in [0.3, 0.4) is 0 Å². The molecule has 22 heavy (non-hydrogen) atoms. The standard InChI is InChI=1S/C17H21N3O2/c1-21-14-5-7-15(8-6-14)22-16-11-19-17(20-12-16)13-4-2-3-9-18-10-13/h5-8,11-13,18H,2-4,9-10H2,1H3. The van der Waals surface area contributed by atoms with Crippen molar-refractivity contribution in [3.05, 3.63) is 42.5 Å². The second-order valence-electron chi connectivity index (χ2n) is 5.45. The zero-order valence-electron chi connectivity index (χ0n) is 12.8. The topological polar surface area (TPSA) is 56.3 Å². The van der Waals surface area contributed by atoms with Crippen LogP contribution in [-0.2, 0) is 0 Å². The Labute approximate surface area is 130 Å². The molecule has 1 saturated heterocycles. The van der Waals surface area contributed by atoms with E-state index in [0.29, 0.717) is 11.7 Å². The molecule has 1 N–H and O–H groups in total. The first-order valence-electron chi connectivity index (χ1n) is 7.70. The molecular formula is C17H21N3O2. The molecule has 5 heteroatoms. The molecule has 2 heterocycles. The van der Waals surface area contributed by atoms with Crippen LogP contribution >= 0.6 is 0 Å². The van der Waals surface area contributed by atoms with Crippen molar-refractivity contribution in [1.82, 2.24) is 15.3 Å². The van der Waals surface area contributed by atoms with E-state index in [1.807, 2.05) is 24.3 Å². The van der Waals surface area contributed by atoms with Gasteiger partial charge in [-0.2, -0.15) is 0 Å². The van der Waals surface area contributed by atoms with Crippen LogP contribution in [-0.4, -0.2) is 30.2 Å². The van der Waals surface area contributed by atoms with E-state index in [2.05, 4.69) is 15.3 Å². The predicted octanol–water partition coefficient (Wildman–Crippen LogP) is 3.13. The molecule has 0 aliphatic carbocycles. The summed E-state index contributed by atoms with van der Waals surface area (Å²) in [6, 6.07) is 7.45. The largest absolute Gasteiger partial charge is 0.497 e. The molecule has 3 rings (SSSR count). The second-order valence-corrected chi connectivity index (χ2v) is 5.45. The number of hydrogen-bond donors (Lipinski definition) is 1. The molecule has 0 saturated carbocycles. The molecule has 0 bridgehead atoms. The summed E-state index contributed by atoms with van der Waals surface area (Å²) in [6.07, 6.45) is 7.10. The van der Waals surface area contributed by atoms with Gasteiger partial charge in [-0.05, 0) is 43.7 Å². The quantitative estimate of drug-likeness (QED) is 0.940. The van der Waals surface area contributed by atoms with Crippen molar-refractivity contribution < 1.29 is 9.47 Å². The number of aromatic nitrogens is 2. The van der Waals surface area contributed by atoms with Crippen LogP contribution in [0.1, 0.15) is 31.0 Å². The van der Waals surface area contributed by atoms with E-state index in [1.165, 1.54) is 12.8 Å². The predicted molar refractivity (Wildman–Crippen MR) is 84.6 cm³/mol. The molecule has 0 spiro atoms. The van der Waals surface area contributed by atoms with Crippen molar-refractivity contribution in [2.45, 2.75) is 25.2 Å². The van der Waals surface area contributed by atoms with Gasteiger partial charge < -0.3 is 14.8 Å². The number of rotatable bonds is 4. The maximum atomic E-state index is 5.75. The fraction of sp³-hybridized carbons (Fsp3) is 0.412. The Morgan fingerprint density at radius 3 is 2.45 bits per heavy atom. The van der Waals surface area contributed by atoms with Gasteiger partial charge in [-0.3, -0.25) is 0 Å². The number of benzene rings is 1. The number of ether oxygens (including phenoxy) is 2. The molecule has 5 nitrogen and oxygen atoms in total. The summed E-state index contributed by atoms with van der Waals surface area (Å²) in [7, 11) is 1.64. The number of methoxy groups -OCH3 is 1. The minimum Gasteiger partial charge on any atom is -0.497 e. The Morgan fingerprint density at radius 2 is 1.73 bits per heavy atom. The summed E-state index contributed by atoms with van der Waals surface area (Å²) in [5, 5.41) is 3.44. The van der Waals surface area contributed by atoms with Gasteiger partial charge in [0.05, 0.1) is 19.5 Å². The van der Waals surface area contributed by atoms with Gasteiger partial charge in [-0.1, -0.05) is 6.42 Å². The number of nitrogens with zero attached hydrogens (tertiary/aromatic N) is 2. The molecular weight excluding hydrogens is 278 g/mol. The van der Waals surface area contributed by atoms with Crippen molar-refractivity contribution in [3.8, 4) is 17.2 Å². The summed E-state index contributed by atoms with van der Waals surface area (Å²) < 4.78 is 10.9. The third-order valence-corrected chi connectivity index (χ3v) is 3.86. The monoisotopic (exact) mass is 299 g/mol. The summed E-state index contributed by atoms with van der Waals surface area (Å²) in [4.78, 5) is 8.95. The highest BCUT2D eigenvalue weighted by atomic mass is 16.5. The van der Waals surface area contributed by atoms with E-state index in [1.54, 1.807) is 19.5 Å². The van der Waals surface area contributed by atoms with Crippen molar-refractivity contribution in [2.24, 2.45) is 0 Å². The number of nitrogens with one attached hydrogen (secondary N) is 1. The molecule has 1 aromatic carbocycles. The highest BCUT2D eigenvalue weighted by Gasteiger charge is 2.16. The van der Waals surface area contributed by atoms with Crippen LogP contribution in [0.5, 0.6) is 17.2 Å². The first-order chi connectivity index (χ1) is 10.8. The van der Waals surface area contributed by atoms with Crippen LogP contribution in [0.25, 0.3) is 0 Å². The first kappa shape index (κ1) is 14.8. The van der Waals surface area contributed by atoms with Crippen LogP contribution in [0.2, 0.25) is 0 Å². The van der Waals surface area contributed by atoms with Crippen molar-refractivity contribution in [2.75, 3.05) is 20.2 Å². The lowest BCUT2D eigenvalue weighted by Gasteiger charge is -2.13. The van der Waals surface area contributed by atoms with Gasteiger partial charge in [0.25, 0.3) is 0 Å². The van der Waals surface area contributed by atoms with Crippen LogP contribution in [0.15, 0.2) is 36.7 Å². The smallest absolute Gasteiger partial charge is 0.164 e. The van der Waals surface area contributed by atoms with E-state index in [0.717, 1.165) is 36.8 Å². The van der Waals surface area contributed by atoms with E-state index in [-0.39, 0.29) is 0 Å². The Hall–Kier alpha value is -2.14. The average molecular weight is 299 g/mol. The van der Waals surface area contributed by atoms with Crippen LogP contribution < -0.4 is 14.8 Å². The second kappa shape index (κ2) is 7.22. The van der Waals surface area contributed by atoms with E-state index in [4.69, 9.17) is 9.47 Å². The molecule has 1 aliphatic rings. The van der Waals surface area contributed by atoms with E-state index < -0.39 is 0 Å². The van der Waals surface area contributed by atoms with Gasteiger partial charge >= 0.3 is 0 Å². The minimum atomic E-state index is 0.400. The fourth-order valence-electron chi connectivity index (χ4n) is 2.61. The third kappa shape index (κ3) is 3.74. The SMILES string of the molecule is COc1ccc(Oc2cnc(C3CCCCNC3)nc2)cc1. The molecule has 2 aromatic rings. The Kier molecular flexibility index (Phi) is 4.85. The highest BCUT2D eigenvalue weighted by Crippen LogP contribution is 2.25. The molecule has 0 radical (unpaired) electrons. The Bertz CT molecular complexity index is 576. The number of hydrogen-bond acceptors (Lipinski definition) is 5. The Balaban J connectivity index is 1.65. The lowest BCUT2D eigenvalue weighted by molar-refractivity contribution is 0.412. The molecule has 1 atom stereocenters.